The molecule has 1 aliphatic heterocycles. The van der Waals surface area contributed by atoms with Crippen LogP contribution in [0.5, 0.6) is 5.75 Å². The van der Waals surface area contributed by atoms with E-state index in [1.807, 2.05) is 18.2 Å². The summed E-state index contributed by atoms with van der Waals surface area (Å²) in [4.78, 5) is 0. The Bertz CT molecular complexity index is 331. The molecular weight excluding hydrogens is 270 g/mol. The quantitative estimate of drug-likeness (QED) is 0.869. The van der Waals surface area contributed by atoms with Crippen LogP contribution in [0.3, 0.4) is 0 Å². The summed E-state index contributed by atoms with van der Waals surface area (Å²) in [5.41, 5.74) is 6.46. The molecule has 0 unspecified atom stereocenters. The Morgan fingerprint density at radius 2 is 2.06 bits per heavy atom. The van der Waals surface area contributed by atoms with E-state index < -0.39 is 0 Å². The minimum atomic E-state index is 0.606. The topological polar surface area (TPSA) is 44.5 Å². The van der Waals surface area contributed by atoms with Crippen molar-refractivity contribution in [3.63, 3.8) is 0 Å². The van der Waals surface area contributed by atoms with Crippen LogP contribution >= 0.6 is 15.9 Å². The van der Waals surface area contributed by atoms with Crippen molar-refractivity contribution < 1.29 is 9.47 Å². The summed E-state index contributed by atoms with van der Waals surface area (Å²) in [6, 6.07) is 5.65. The lowest BCUT2D eigenvalue weighted by atomic mass is 10.0. The van der Waals surface area contributed by atoms with Crippen molar-refractivity contribution in [1.82, 2.24) is 0 Å². The van der Waals surface area contributed by atoms with E-state index >= 15 is 0 Å². The summed E-state index contributed by atoms with van der Waals surface area (Å²) in [5, 5.41) is 0. The number of halogens is 1. The lowest BCUT2D eigenvalue weighted by Gasteiger charge is -2.22. The van der Waals surface area contributed by atoms with E-state index in [1.54, 1.807) is 0 Å². The second-order valence-corrected chi connectivity index (χ2v) is 5.00. The molecule has 0 aliphatic carbocycles. The molecule has 3 nitrogen and oxygen atoms in total. The van der Waals surface area contributed by atoms with Gasteiger partial charge in [-0.2, -0.15) is 0 Å². The average molecular weight is 286 g/mol. The van der Waals surface area contributed by atoms with Gasteiger partial charge < -0.3 is 15.2 Å². The number of nitrogen functional groups attached to an aromatic ring is 1. The van der Waals surface area contributed by atoms with Crippen molar-refractivity contribution >= 4 is 21.6 Å². The standard InChI is InChI=1S/C12H16BrNO2/c13-10-5-11(14)7-12(6-10)16-8-9-1-3-15-4-2-9/h5-7,9H,1-4,8,14H2. The fourth-order valence-corrected chi connectivity index (χ4v) is 2.28. The molecular formula is C12H16BrNO2. The summed E-state index contributed by atoms with van der Waals surface area (Å²) in [6.07, 6.45) is 2.17. The average Bonchev–Trinajstić information content (AvgIpc) is 2.27. The number of nitrogens with two attached hydrogens (primary N) is 1. The van der Waals surface area contributed by atoms with Gasteiger partial charge in [-0.25, -0.2) is 0 Å². The van der Waals surface area contributed by atoms with Crippen molar-refractivity contribution in [3.8, 4) is 5.75 Å². The predicted octanol–water partition coefficient (Wildman–Crippen LogP) is 2.84. The van der Waals surface area contributed by atoms with Gasteiger partial charge in [-0.1, -0.05) is 15.9 Å². The summed E-state index contributed by atoms with van der Waals surface area (Å²) in [7, 11) is 0. The maximum Gasteiger partial charge on any atom is 0.122 e. The molecule has 2 N–H and O–H groups in total. The molecule has 0 spiro atoms. The van der Waals surface area contributed by atoms with Crippen molar-refractivity contribution in [2.75, 3.05) is 25.6 Å². The molecule has 88 valence electrons. The third-order valence-electron chi connectivity index (χ3n) is 2.72. The van der Waals surface area contributed by atoms with Crippen LogP contribution in [0, 0.1) is 5.92 Å². The monoisotopic (exact) mass is 285 g/mol. The van der Waals surface area contributed by atoms with E-state index in [2.05, 4.69) is 15.9 Å². The van der Waals surface area contributed by atoms with E-state index in [0.29, 0.717) is 5.92 Å². The van der Waals surface area contributed by atoms with Crippen molar-refractivity contribution in [2.24, 2.45) is 5.92 Å². The van der Waals surface area contributed by atoms with Crippen LogP contribution in [0.25, 0.3) is 0 Å². The van der Waals surface area contributed by atoms with Crippen LogP contribution in [0.1, 0.15) is 12.8 Å². The number of rotatable bonds is 3. The van der Waals surface area contributed by atoms with Gasteiger partial charge in [0.1, 0.15) is 5.75 Å². The van der Waals surface area contributed by atoms with E-state index in [4.69, 9.17) is 15.2 Å². The molecule has 0 atom stereocenters. The molecule has 0 bridgehead atoms. The molecule has 1 aromatic rings. The normalized spacial score (nSPS) is 17.3. The van der Waals surface area contributed by atoms with E-state index in [9.17, 15) is 0 Å². The highest BCUT2D eigenvalue weighted by Gasteiger charge is 2.14. The number of anilines is 1. The van der Waals surface area contributed by atoms with Gasteiger partial charge >= 0.3 is 0 Å². The van der Waals surface area contributed by atoms with Crippen molar-refractivity contribution in [1.29, 1.82) is 0 Å². The lowest BCUT2D eigenvalue weighted by molar-refractivity contribution is 0.0497. The molecule has 1 fully saturated rings. The number of benzene rings is 1. The summed E-state index contributed by atoms with van der Waals surface area (Å²) < 4.78 is 12.0. The maximum absolute atomic E-state index is 5.74. The van der Waals surface area contributed by atoms with Crippen molar-refractivity contribution in [3.05, 3.63) is 22.7 Å². The Morgan fingerprint density at radius 3 is 2.75 bits per heavy atom. The Balaban J connectivity index is 1.88. The zero-order chi connectivity index (χ0) is 11.4. The lowest BCUT2D eigenvalue weighted by Crippen LogP contribution is -2.21. The number of hydrogen-bond donors (Lipinski definition) is 1. The predicted molar refractivity (Wildman–Crippen MR) is 67.6 cm³/mol. The molecule has 0 radical (unpaired) electrons. The highest BCUT2D eigenvalue weighted by molar-refractivity contribution is 9.10. The summed E-state index contributed by atoms with van der Waals surface area (Å²) in [6.45, 7) is 2.46. The van der Waals surface area contributed by atoms with Gasteiger partial charge in [-0.05, 0) is 30.9 Å². The Labute approximate surface area is 104 Å². The van der Waals surface area contributed by atoms with Gasteiger partial charge in [0.2, 0.25) is 0 Å². The van der Waals surface area contributed by atoms with Gasteiger partial charge in [0.05, 0.1) is 6.61 Å². The molecule has 1 aliphatic rings. The van der Waals surface area contributed by atoms with E-state index in [1.165, 1.54) is 0 Å². The second kappa shape index (κ2) is 5.55. The molecule has 0 aromatic heterocycles. The third kappa shape index (κ3) is 3.39. The smallest absolute Gasteiger partial charge is 0.122 e. The Kier molecular flexibility index (Phi) is 4.07. The van der Waals surface area contributed by atoms with Crippen LogP contribution in [0.2, 0.25) is 0 Å². The molecule has 1 aromatic carbocycles. The van der Waals surface area contributed by atoms with E-state index in [0.717, 1.165) is 48.6 Å². The van der Waals surface area contributed by atoms with Crippen LogP contribution in [-0.2, 0) is 4.74 Å². The highest BCUT2D eigenvalue weighted by Crippen LogP contribution is 2.24. The van der Waals surface area contributed by atoms with Crippen LogP contribution in [0.15, 0.2) is 22.7 Å². The molecule has 0 amide bonds. The highest BCUT2D eigenvalue weighted by atomic mass is 79.9. The summed E-state index contributed by atoms with van der Waals surface area (Å²) in [5.74, 6) is 1.44. The van der Waals surface area contributed by atoms with Gasteiger partial charge in [-0.15, -0.1) is 0 Å². The van der Waals surface area contributed by atoms with Crippen LogP contribution in [0.4, 0.5) is 5.69 Å². The molecule has 0 saturated carbocycles. The first-order valence-corrected chi connectivity index (χ1v) is 6.30. The minimum absolute atomic E-state index is 0.606. The molecule has 1 heterocycles. The molecule has 4 heteroatoms. The fraction of sp³-hybridized carbons (Fsp3) is 0.500. The second-order valence-electron chi connectivity index (χ2n) is 4.09. The number of hydrogen-bond acceptors (Lipinski definition) is 3. The molecule has 2 rings (SSSR count). The van der Waals surface area contributed by atoms with Crippen LogP contribution < -0.4 is 10.5 Å². The van der Waals surface area contributed by atoms with Gasteiger partial charge in [-0.3, -0.25) is 0 Å². The zero-order valence-corrected chi connectivity index (χ0v) is 10.7. The minimum Gasteiger partial charge on any atom is -0.493 e. The van der Waals surface area contributed by atoms with Crippen molar-refractivity contribution in [2.45, 2.75) is 12.8 Å². The summed E-state index contributed by atoms with van der Waals surface area (Å²) >= 11 is 3.40. The number of ether oxygens (including phenoxy) is 2. The van der Waals surface area contributed by atoms with E-state index in [-0.39, 0.29) is 0 Å². The first kappa shape index (κ1) is 11.7. The third-order valence-corrected chi connectivity index (χ3v) is 3.18. The van der Waals surface area contributed by atoms with Crippen LogP contribution in [-0.4, -0.2) is 19.8 Å². The largest absolute Gasteiger partial charge is 0.493 e. The van der Waals surface area contributed by atoms with Gasteiger partial charge in [0.15, 0.2) is 0 Å². The Hall–Kier alpha value is -0.740. The van der Waals surface area contributed by atoms with Gasteiger partial charge in [0, 0.05) is 29.4 Å². The molecule has 16 heavy (non-hydrogen) atoms. The van der Waals surface area contributed by atoms with Gasteiger partial charge in [0.25, 0.3) is 0 Å². The molecule has 1 saturated heterocycles. The first-order chi connectivity index (χ1) is 7.74. The first-order valence-electron chi connectivity index (χ1n) is 5.50. The fourth-order valence-electron chi connectivity index (χ4n) is 1.79. The maximum atomic E-state index is 5.74. The zero-order valence-electron chi connectivity index (χ0n) is 9.12. The SMILES string of the molecule is Nc1cc(Br)cc(OCC2CCOCC2)c1. The Morgan fingerprint density at radius 1 is 1.31 bits per heavy atom.